The van der Waals surface area contributed by atoms with Gasteiger partial charge in [-0.15, -0.1) is 0 Å². The summed E-state index contributed by atoms with van der Waals surface area (Å²) in [6.07, 6.45) is -3.13. The smallest absolute Gasteiger partial charge is 0.300 e. The first-order chi connectivity index (χ1) is 6.04. The number of para-hydroxylation sites is 1. The Hall–Kier alpha value is -1.16. The maximum atomic E-state index is 11.9. The Morgan fingerprint density at radius 2 is 2.08 bits per heavy atom. The van der Waals surface area contributed by atoms with Crippen LogP contribution in [-0.2, 0) is 0 Å². The van der Waals surface area contributed by atoms with Crippen LogP contribution < -0.4 is 0 Å². The number of alkyl halides is 2. The number of halogens is 3. The molecule has 0 aliphatic heterocycles. The first-order valence-corrected chi connectivity index (χ1v) is 3.71. The summed E-state index contributed by atoms with van der Waals surface area (Å²) in [5.74, 6) is -2.03. The number of phenolic OH excluding ortho intramolecular Hbond substituents is 1. The summed E-state index contributed by atoms with van der Waals surface area (Å²) in [7, 11) is 0. The van der Waals surface area contributed by atoms with Crippen molar-refractivity contribution >= 4 is 17.4 Å². The van der Waals surface area contributed by atoms with Crippen LogP contribution in [0.25, 0.3) is 0 Å². The molecule has 5 heteroatoms. The number of Topliss-reactive ketones (excluding diaryl/α,β-unsaturated/α-hetero) is 1. The van der Waals surface area contributed by atoms with Crippen molar-refractivity contribution in [2.24, 2.45) is 0 Å². The number of hydrogen-bond acceptors (Lipinski definition) is 2. The molecule has 1 aromatic rings. The van der Waals surface area contributed by atoms with Crippen LogP contribution in [0.2, 0.25) is 5.02 Å². The van der Waals surface area contributed by atoms with Crippen LogP contribution in [0, 0.1) is 0 Å². The van der Waals surface area contributed by atoms with Crippen LogP contribution in [0.5, 0.6) is 5.75 Å². The third kappa shape index (κ3) is 1.95. The Balaban J connectivity index is 3.15. The van der Waals surface area contributed by atoms with Gasteiger partial charge in [-0.25, -0.2) is 8.78 Å². The van der Waals surface area contributed by atoms with Gasteiger partial charge in [0.1, 0.15) is 5.75 Å². The lowest BCUT2D eigenvalue weighted by Gasteiger charge is -2.03. The average Bonchev–Trinajstić information content (AvgIpc) is 2.08. The fraction of sp³-hybridized carbons (Fsp3) is 0.125. The van der Waals surface area contributed by atoms with Crippen molar-refractivity contribution in [3.05, 3.63) is 28.8 Å². The predicted octanol–water partition coefficient (Wildman–Crippen LogP) is 2.49. The van der Waals surface area contributed by atoms with Crippen molar-refractivity contribution in [1.29, 1.82) is 0 Å². The highest BCUT2D eigenvalue weighted by Crippen LogP contribution is 2.28. The number of carbonyl (C=O) groups is 1. The molecule has 0 bridgehead atoms. The summed E-state index contributed by atoms with van der Waals surface area (Å²) in [6, 6.07) is 3.71. The highest BCUT2D eigenvalue weighted by Gasteiger charge is 2.21. The van der Waals surface area contributed by atoms with Gasteiger partial charge < -0.3 is 5.11 Å². The maximum absolute atomic E-state index is 11.9. The molecule has 0 heterocycles. The second-order valence-electron chi connectivity index (χ2n) is 2.30. The summed E-state index contributed by atoms with van der Waals surface area (Å²) in [5, 5.41) is 9.01. The number of carbonyl (C=O) groups excluding carboxylic acids is 1. The third-order valence-corrected chi connectivity index (χ3v) is 1.76. The molecule has 0 amide bonds. The van der Waals surface area contributed by atoms with Crippen LogP contribution in [0.15, 0.2) is 18.2 Å². The van der Waals surface area contributed by atoms with Gasteiger partial charge in [0, 0.05) is 0 Å². The second kappa shape index (κ2) is 3.70. The van der Waals surface area contributed by atoms with Gasteiger partial charge in [-0.3, -0.25) is 4.79 Å². The Morgan fingerprint density at radius 1 is 1.46 bits per heavy atom. The Kier molecular flexibility index (Phi) is 2.83. The molecule has 0 radical (unpaired) electrons. The minimum absolute atomic E-state index is 0.119. The number of rotatable bonds is 2. The van der Waals surface area contributed by atoms with E-state index in [1.54, 1.807) is 0 Å². The van der Waals surface area contributed by atoms with E-state index in [4.69, 9.17) is 16.7 Å². The maximum Gasteiger partial charge on any atom is 0.300 e. The predicted molar refractivity (Wildman–Crippen MR) is 43.5 cm³/mol. The minimum Gasteiger partial charge on any atom is -0.506 e. The zero-order valence-corrected chi connectivity index (χ0v) is 7.05. The molecule has 0 saturated heterocycles. The van der Waals surface area contributed by atoms with Gasteiger partial charge in [-0.05, 0) is 12.1 Å². The van der Waals surface area contributed by atoms with E-state index in [-0.39, 0.29) is 5.02 Å². The van der Waals surface area contributed by atoms with Crippen LogP contribution in [0.4, 0.5) is 8.78 Å². The van der Waals surface area contributed by atoms with E-state index in [1.165, 1.54) is 12.1 Å². The van der Waals surface area contributed by atoms with Gasteiger partial charge in [0.05, 0.1) is 10.6 Å². The molecular weight excluding hydrogens is 202 g/mol. The van der Waals surface area contributed by atoms with E-state index in [1.807, 2.05) is 0 Å². The molecule has 13 heavy (non-hydrogen) atoms. The van der Waals surface area contributed by atoms with Crippen LogP contribution in [0.3, 0.4) is 0 Å². The fourth-order valence-corrected chi connectivity index (χ4v) is 1.01. The average molecular weight is 207 g/mol. The van der Waals surface area contributed by atoms with Crippen molar-refractivity contribution in [1.82, 2.24) is 0 Å². The lowest BCUT2D eigenvalue weighted by Crippen LogP contribution is -2.10. The van der Waals surface area contributed by atoms with Crippen molar-refractivity contribution in [3.8, 4) is 5.75 Å². The molecule has 0 aromatic heterocycles. The van der Waals surface area contributed by atoms with Gasteiger partial charge in [-0.2, -0.15) is 0 Å². The van der Waals surface area contributed by atoms with E-state index < -0.39 is 23.5 Å². The number of aromatic hydroxyl groups is 1. The van der Waals surface area contributed by atoms with E-state index in [2.05, 4.69) is 0 Å². The largest absolute Gasteiger partial charge is 0.506 e. The minimum atomic E-state index is -3.13. The quantitative estimate of drug-likeness (QED) is 0.755. The zero-order valence-electron chi connectivity index (χ0n) is 6.30. The standard InChI is InChI=1S/C8H5ClF2O2/c9-5-3-1-2-4(6(5)12)7(13)8(10)11/h1-3,8,12H. The van der Waals surface area contributed by atoms with E-state index in [0.717, 1.165) is 6.07 Å². The van der Waals surface area contributed by atoms with Gasteiger partial charge in [0.2, 0.25) is 5.78 Å². The fourth-order valence-electron chi connectivity index (χ4n) is 0.832. The summed E-state index contributed by atoms with van der Waals surface area (Å²) in [6.45, 7) is 0. The van der Waals surface area contributed by atoms with Gasteiger partial charge >= 0.3 is 6.43 Å². The summed E-state index contributed by atoms with van der Waals surface area (Å²) in [5.41, 5.74) is -0.456. The second-order valence-corrected chi connectivity index (χ2v) is 2.71. The van der Waals surface area contributed by atoms with Crippen molar-refractivity contribution in [2.45, 2.75) is 6.43 Å². The SMILES string of the molecule is O=C(c1cccc(Cl)c1O)C(F)F. The first kappa shape index (κ1) is 9.92. The zero-order chi connectivity index (χ0) is 10.0. The normalized spacial score (nSPS) is 10.5. The monoisotopic (exact) mass is 206 g/mol. The Morgan fingerprint density at radius 3 is 2.62 bits per heavy atom. The van der Waals surface area contributed by atoms with Crippen molar-refractivity contribution in [3.63, 3.8) is 0 Å². The number of ketones is 1. The molecule has 1 rings (SSSR count). The highest BCUT2D eigenvalue weighted by atomic mass is 35.5. The van der Waals surface area contributed by atoms with E-state index in [9.17, 15) is 13.6 Å². The molecule has 0 atom stereocenters. The molecule has 1 N–H and O–H groups in total. The van der Waals surface area contributed by atoms with Crippen molar-refractivity contribution in [2.75, 3.05) is 0 Å². The summed E-state index contributed by atoms with van der Waals surface area (Å²) < 4.78 is 23.8. The van der Waals surface area contributed by atoms with Gasteiger partial charge in [0.25, 0.3) is 0 Å². The van der Waals surface area contributed by atoms with E-state index >= 15 is 0 Å². The summed E-state index contributed by atoms with van der Waals surface area (Å²) in [4.78, 5) is 10.7. The lowest BCUT2D eigenvalue weighted by atomic mass is 10.1. The molecule has 0 fully saturated rings. The third-order valence-electron chi connectivity index (χ3n) is 1.45. The number of phenols is 1. The number of benzene rings is 1. The molecule has 0 spiro atoms. The molecule has 70 valence electrons. The lowest BCUT2D eigenvalue weighted by molar-refractivity contribution is 0.0676. The molecule has 0 aliphatic rings. The molecule has 0 aliphatic carbocycles. The van der Waals surface area contributed by atoms with E-state index in [0.29, 0.717) is 0 Å². The van der Waals surface area contributed by atoms with Crippen LogP contribution >= 0.6 is 11.6 Å². The topological polar surface area (TPSA) is 37.3 Å². The first-order valence-electron chi connectivity index (χ1n) is 3.34. The molecular formula is C8H5ClF2O2. The number of hydrogen-bond donors (Lipinski definition) is 1. The molecule has 1 aromatic carbocycles. The molecule has 0 saturated carbocycles. The summed E-state index contributed by atoms with van der Waals surface area (Å²) >= 11 is 5.42. The van der Waals surface area contributed by atoms with Crippen molar-refractivity contribution < 1.29 is 18.7 Å². The van der Waals surface area contributed by atoms with Gasteiger partial charge in [0.15, 0.2) is 0 Å². The molecule has 2 nitrogen and oxygen atoms in total. The van der Waals surface area contributed by atoms with Gasteiger partial charge in [-0.1, -0.05) is 17.7 Å². The Bertz CT molecular complexity index is 339. The highest BCUT2D eigenvalue weighted by molar-refractivity contribution is 6.32. The van der Waals surface area contributed by atoms with Crippen LogP contribution in [0.1, 0.15) is 10.4 Å². The van der Waals surface area contributed by atoms with Crippen LogP contribution in [-0.4, -0.2) is 17.3 Å². The Labute approximate surface area is 77.8 Å². The molecule has 0 unspecified atom stereocenters.